The summed E-state index contributed by atoms with van der Waals surface area (Å²) in [6.07, 6.45) is 4.28. The highest BCUT2D eigenvalue weighted by Crippen LogP contribution is 2.11. The minimum absolute atomic E-state index is 0.0340. The number of aromatic nitrogens is 2. The number of aromatic amines is 1. The molecular weight excluding hydrogens is 204 g/mol. The Hall–Kier alpha value is -1.52. The highest BCUT2D eigenvalue weighted by Gasteiger charge is 2.17. The van der Waals surface area contributed by atoms with Gasteiger partial charge in [0.05, 0.1) is 6.04 Å². The molecule has 0 aliphatic heterocycles. The minimum Gasteiger partial charge on any atom is -0.347 e. The Morgan fingerprint density at radius 3 is 2.62 bits per heavy atom. The number of rotatable bonds is 5. The quantitative estimate of drug-likeness (QED) is 0.802. The van der Waals surface area contributed by atoms with Crippen molar-refractivity contribution in [3.63, 3.8) is 0 Å². The molecule has 1 atom stereocenters. The third-order valence-corrected chi connectivity index (χ3v) is 2.61. The summed E-state index contributed by atoms with van der Waals surface area (Å²) in [6.45, 7) is 7.40. The lowest BCUT2D eigenvalue weighted by atomic mass is 10.2. The zero-order valence-electron chi connectivity index (χ0n) is 10.2. The van der Waals surface area contributed by atoms with Crippen LogP contribution in [-0.4, -0.2) is 34.0 Å². The van der Waals surface area contributed by atoms with Gasteiger partial charge in [-0.15, -0.1) is 0 Å². The molecule has 0 spiro atoms. The van der Waals surface area contributed by atoms with Crippen LogP contribution >= 0.6 is 0 Å². The van der Waals surface area contributed by atoms with E-state index < -0.39 is 0 Å². The summed E-state index contributed by atoms with van der Waals surface area (Å²) in [7, 11) is 0. The molecule has 0 saturated carbocycles. The number of carbonyl (C=O) groups is 1. The maximum absolute atomic E-state index is 11.8. The summed E-state index contributed by atoms with van der Waals surface area (Å²) in [6, 6.07) is -0.0728. The summed E-state index contributed by atoms with van der Waals surface area (Å²) in [4.78, 5) is 20.8. The van der Waals surface area contributed by atoms with E-state index >= 15 is 0 Å². The third kappa shape index (κ3) is 2.98. The van der Waals surface area contributed by atoms with Crippen LogP contribution in [0.2, 0.25) is 0 Å². The van der Waals surface area contributed by atoms with Gasteiger partial charge in [0.25, 0.3) is 0 Å². The monoisotopic (exact) mass is 224 g/mol. The Labute approximate surface area is 96.3 Å². The fourth-order valence-corrected chi connectivity index (χ4v) is 1.58. The number of H-pyrrole nitrogens is 1. The lowest BCUT2D eigenvalue weighted by molar-refractivity contribution is 0.198. The zero-order chi connectivity index (χ0) is 12.0. The first-order valence-electron chi connectivity index (χ1n) is 5.77. The second-order valence-corrected chi connectivity index (χ2v) is 3.56. The number of urea groups is 1. The molecule has 5 nitrogen and oxygen atoms in total. The Balaban J connectivity index is 2.60. The van der Waals surface area contributed by atoms with Crippen LogP contribution in [0.4, 0.5) is 4.79 Å². The first-order chi connectivity index (χ1) is 7.72. The van der Waals surface area contributed by atoms with Crippen molar-refractivity contribution in [2.45, 2.75) is 33.2 Å². The van der Waals surface area contributed by atoms with Crippen molar-refractivity contribution in [2.24, 2.45) is 0 Å². The molecule has 1 aromatic heterocycles. The molecule has 90 valence electrons. The summed E-state index contributed by atoms with van der Waals surface area (Å²) in [5.41, 5.74) is 0. The van der Waals surface area contributed by atoms with E-state index in [4.69, 9.17) is 0 Å². The molecule has 0 aromatic carbocycles. The van der Waals surface area contributed by atoms with Gasteiger partial charge in [-0.1, -0.05) is 6.92 Å². The Morgan fingerprint density at radius 2 is 2.19 bits per heavy atom. The largest absolute Gasteiger partial charge is 0.347 e. The van der Waals surface area contributed by atoms with E-state index in [1.54, 1.807) is 17.3 Å². The Bertz CT molecular complexity index is 306. The molecule has 1 rings (SSSR count). The zero-order valence-corrected chi connectivity index (χ0v) is 10.2. The van der Waals surface area contributed by atoms with E-state index in [1.807, 2.05) is 20.8 Å². The number of hydrogen-bond donors (Lipinski definition) is 2. The van der Waals surface area contributed by atoms with Crippen LogP contribution in [-0.2, 0) is 0 Å². The molecule has 2 N–H and O–H groups in total. The second-order valence-electron chi connectivity index (χ2n) is 3.56. The van der Waals surface area contributed by atoms with Crippen LogP contribution in [0.3, 0.4) is 0 Å². The van der Waals surface area contributed by atoms with Gasteiger partial charge in [0.15, 0.2) is 0 Å². The van der Waals surface area contributed by atoms with Crippen LogP contribution in [0, 0.1) is 0 Å². The predicted molar refractivity (Wildman–Crippen MR) is 63.1 cm³/mol. The SMILES string of the molecule is CCC(NC(=O)N(CC)CC)c1ncc[nH]1. The summed E-state index contributed by atoms with van der Waals surface area (Å²) in [5.74, 6) is 0.808. The van der Waals surface area contributed by atoms with Gasteiger partial charge in [-0.05, 0) is 20.3 Å². The fraction of sp³-hybridized carbons (Fsp3) is 0.636. The van der Waals surface area contributed by atoms with Crippen molar-refractivity contribution in [1.82, 2.24) is 20.2 Å². The molecule has 1 heterocycles. The van der Waals surface area contributed by atoms with Crippen molar-refractivity contribution in [1.29, 1.82) is 0 Å². The molecule has 0 aliphatic carbocycles. The lowest BCUT2D eigenvalue weighted by Crippen LogP contribution is -2.41. The van der Waals surface area contributed by atoms with Crippen LogP contribution in [0.5, 0.6) is 0 Å². The number of carbonyl (C=O) groups excluding carboxylic acids is 1. The van der Waals surface area contributed by atoms with Crippen molar-refractivity contribution < 1.29 is 4.79 Å². The molecule has 0 bridgehead atoms. The topological polar surface area (TPSA) is 61.0 Å². The Kier molecular flexibility index (Phi) is 4.82. The summed E-state index contributed by atoms with van der Waals surface area (Å²) >= 11 is 0. The molecule has 1 aromatic rings. The highest BCUT2D eigenvalue weighted by atomic mass is 16.2. The number of hydrogen-bond acceptors (Lipinski definition) is 2. The van der Waals surface area contributed by atoms with E-state index in [-0.39, 0.29) is 12.1 Å². The van der Waals surface area contributed by atoms with Crippen LogP contribution in [0.25, 0.3) is 0 Å². The van der Waals surface area contributed by atoms with E-state index in [0.29, 0.717) is 0 Å². The van der Waals surface area contributed by atoms with Gasteiger partial charge in [-0.25, -0.2) is 9.78 Å². The van der Waals surface area contributed by atoms with Gasteiger partial charge in [-0.2, -0.15) is 0 Å². The highest BCUT2D eigenvalue weighted by molar-refractivity contribution is 5.74. The number of nitrogens with one attached hydrogen (secondary N) is 2. The third-order valence-electron chi connectivity index (χ3n) is 2.61. The van der Waals surface area contributed by atoms with Gasteiger partial charge in [0, 0.05) is 25.5 Å². The van der Waals surface area contributed by atoms with Gasteiger partial charge < -0.3 is 15.2 Å². The first kappa shape index (κ1) is 12.5. The molecule has 1 unspecified atom stereocenters. The minimum atomic E-state index is -0.0388. The van der Waals surface area contributed by atoms with Crippen molar-refractivity contribution in [3.8, 4) is 0 Å². The van der Waals surface area contributed by atoms with Crippen molar-refractivity contribution >= 4 is 6.03 Å². The number of nitrogens with zero attached hydrogens (tertiary/aromatic N) is 2. The number of imidazole rings is 1. The summed E-state index contributed by atoms with van der Waals surface area (Å²) < 4.78 is 0. The van der Waals surface area contributed by atoms with E-state index in [9.17, 15) is 4.79 Å². The smallest absolute Gasteiger partial charge is 0.317 e. The second kappa shape index (κ2) is 6.15. The number of amides is 2. The average molecular weight is 224 g/mol. The lowest BCUT2D eigenvalue weighted by Gasteiger charge is -2.22. The molecule has 5 heteroatoms. The molecule has 2 amide bonds. The molecule has 0 saturated heterocycles. The average Bonchev–Trinajstić information content (AvgIpc) is 2.81. The van der Waals surface area contributed by atoms with Crippen molar-refractivity contribution in [3.05, 3.63) is 18.2 Å². The predicted octanol–water partition coefficient (Wildman–Crippen LogP) is 1.91. The molecular formula is C11H20N4O. The van der Waals surface area contributed by atoms with Crippen LogP contribution in [0.1, 0.15) is 39.1 Å². The maximum Gasteiger partial charge on any atom is 0.317 e. The van der Waals surface area contributed by atoms with E-state index in [1.165, 1.54) is 0 Å². The van der Waals surface area contributed by atoms with Gasteiger partial charge in [0.1, 0.15) is 5.82 Å². The van der Waals surface area contributed by atoms with E-state index in [0.717, 1.165) is 25.3 Å². The summed E-state index contributed by atoms with van der Waals surface area (Å²) in [5, 5.41) is 2.96. The molecule has 0 radical (unpaired) electrons. The molecule has 0 fully saturated rings. The molecule has 16 heavy (non-hydrogen) atoms. The standard InChI is InChI=1S/C11H20N4O/c1-4-9(10-12-7-8-13-10)14-11(16)15(5-2)6-3/h7-9H,4-6H2,1-3H3,(H,12,13)(H,14,16). The normalized spacial score (nSPS) is 12.2. The van der Waals surface area contributed by atoms with Crippen LogP contribution in [0.15, 0.2) is 12.4 Å². The van der Waals surface area contributed by atoms with Crippen molar-refractivity contribution in [2.75, 3.05) is 13.1 Å². The fourth-order valence-electron chi connectivity index (χ4n) is 1.58. The van der Waals surface area contributed by atoms with Gasteiger partial charge >= 0.3 is 6.03 Å². The van der Waals surface area contributed by atoms with Gasteiger partial charge in [0.2, 0.25) is 0 Å². The van der Waals surface area contributed by atoms with E-state index in [2.05, 4.69) is 15.3 Å². The molecule has 0 aliphatic rings. The Morgan fingerprint density at radius 1 is 1.50 bits per heavy atom. The maximum atomic E-state index is 11.8. The van der Waals surface area contributed by atoms with Gasteiger partial charge in [-0.3, -0.25) is 0 Å². The van der Waals surface area contributed by atoms with Crippen LogP contribution < -0.4 is 5.32 Å². The first-order valence-corrected chi connectivity index (χ1v) is 5.77.